The lowest BCUT2D eigenvalue weighted by atomic mass is 9.95. The maximum absolute atomic E-state index is 13.1. The first kappa shape index (κ1) is 16.8. The summed E-state index contributed by atoms with van der Waals surface area (Å²) in [4.78, 5) is 14.7. The lowest BCUT2D eigenvalue weighted by molar-refractivity contribution is -0.110. The molecule has 0 fully saturated rings. The number of benzene rings is 2. The highest BCUT2D eigenvalue weighted by atomic mass is 19.1. The monoisotopic (exact) mass is 309 g/mol. The van der Waals surface area contributed by atoms with Crippen LogP contribution in [0.25, 0.3) is 11.6 Å². The van der Waals surface area contributed by atoms with Gasteiger partial charge in [0.15, 0.2) is 5.78 Å². The first-order valence-electron chi connectivity index (χ1n) is 7.37. The van der Waals surface area contributed by atoms with Crippen molar-refractivity contribution >= 4 is 17.4 Å². The maximum atomic E-state index is 13.1. The van der Waals surface area contributed by atoms with E-state index in [0.29, 0.717) is 17.7 Å². The number of hydrogen-bond donors (Lipinski definition) is 0. The van der Waals surface area contributed by atoms with E-state index in [2.05, 4.69) is 6.58 Å². The minimum absolute atomic E-state index is 0.103. The summed E-state index contributed by atoms with van der Waals surface area (Å²) < 4.78 is 13.1. The number of carbonyl (C=O) groups is 1. The van der Waals surface area contributed by atoms with Crippen LogP contribution in [-0.2, 0) is 4.79 Å². The van der Waals surface area contributed by atoms with Gasteiger partial charge in [0.05, 0.1) is 0 Å². The second-order valence-corrected chi connectivity index (χ2v) is 5.65. The number of rotatable bonds is 6. The summed E-state index contributed by atoms with van der Waals surface area (Å²) >= 11 is 0. The largest absolute Gasteiger partial charge is 0.305 e. The summed E-state index contributed by atoms with van der Waals surface area (Å²) in [6, 6.07) is 15.5. The second-order valence-electron chi connectivity index (χ2n) is 5.65. The van der Waals surface area contributed by atoms with Gasteiger partial charge in [-0.15, -0.1) is 0 Å². The van der Waals surface area contributed by atoms with Crippen molar-refractivity contribution < 1.29 is 9.18 Å². The molecule has 0 aliphatic rings. The third-order valence-electron chi connectivity index (χ3n) is 3.34. The molecule has 2 nitrogen and oxygen atoms in total. The Morgan fingerprint density at radius 1 is 1.09 bits per heavy atom. The zero-order chi connectivity index (χ0) is 16.8. The van der Waals surface area contributed by atoms with Crippen LogP contribution in [0.3, 0.4) is 0 Å². The normalized spacial score (nSPS) is 11.6. The summed E-state index contributed by atoms with van der Waals surface area (Å²) in [5.74, 6) is -0.402. The molecule has 0 saturated carbocycles. The van der Waals surface area contributed by atoms with Gasteiger partial charge in [-0.05, 0) is 43.4 Å². The fourth-order valence-electron chi connectivity index (χ4n) is 2.27. The quantitative estimate of drug-likeness (QED) is 0.592. The molecule has 3 heteroatoms. The average Bonchev–Trinajstić information content (AvgIpc) is 2.54. The molecule has 0 aliphatic heterocycles. The van der Waals surface area contributed by atoms with Crippen molar-refractivity contribution in [2.75, 3.05) is 20.6 Å². The van der Waals surface area contributed by atoms with Crippen LogP contribution in [0, 0.1) is 5.82 Å². The SMILES string of the molecule is C=C(CN(C)C)C(=O)/C(=C/c1ccc(F)cc1)c1ccccc1. The minimum Gasteiger partial charge on any atom is -0.305 e. The molecular formula is C20H20FNO. The zero-order valence-corrected chi connectivity index (χ0v) is 13.4. The first-order valence-corrected chi connectivity index (χ1v) is 7.37. The molecule has 118 valence electrons. The van der Waals surface area contributed by atoms with Crippen LogP contribution in [0.5, 0.6) is 0 Å². The molecule has 0 radical (unpaired) electrons. The van der Waals surface area contributed by atoms with Gasteiger partial charge in [-0.25, -0.2) is 4.39 Å². The zero-order valence-electron chi connectivity index (χ0n) is 13.4. The summed E-state index contributed by atoms with van der Waals surface area (Å²) in [6.45, 7) is 4.40. The van der Waals surface area contributed by atoms with Gasteiger partial charge in [0.25, 0.3) is 0 Å². The Morgan fingerprint density at radius 2 is 1.70 bits per heavy atom. The van der Waals surface area contributed by atoms with Crippen molar-refractivity contribution in [2.24, 2.45) is 0 Å². The molecule has 0 bridgehead atoms. The molecule has 2 rings (SSSR count). The van der Waals surface area contributed by atoms with E-state index in [-0.39, 0.29) is 11.6 Å². The number of carbonyl (C=O) groups excluding carboxylic acids is 1. The molecule has 0 N–H and O–H groups in total. The molecule has 23 heavy (non-hydrogen) atoms. The van der Waals surface area contributed by atoms with Gasteiger partial charge < -0.3 is 4.90 Å². The van der Waals surface area contributed by atoms with Gasteiger partial charge in [-0.2, -0.15) is 0 Å². The molecule has 2 aromatic carbocycles. The number of halogens is 1. The predicted octanol–water partition coefficient (Wildman–Crippen LogP) is 4.05. The molecule has 0 spiro atoms. The van der Waals surface area contributed by atoms with Crippen molar-refractivity contribution in [3.05, 3.63) is 83.7 Å². The number of Topliss-reactive ketones (excluding diaryl/α,β-unsaturated/α-hetero) is 1. The van der Waals surface area contributed by atoms with Crippen LogP contribution in [0.2, 0.25) is 0 Å². The second kappa shape index (κ2) is 7.65. The van der Waals surface area contributed by atoms with Crippen molar-refractivity contribution in [3.8, 4) is 0 Å². The van der Waals surface area contributed by atoms with E-state index in [1.807, 2.05) is 49.3 Å². The van der Waals surface area contributed by atoms with Gasteiger partial charge in [0, 0.05) is 17.7 Å². The van der Waals surface area contributed by atoms with E-state index < -0.39 is 0 Å². The van der Waals surface area contributed by atoms with Gasteiger partial charge in [-0.3, -0.25) is 4.79 Å². The molecule has 0 atom stereocenters. The van der Waals surface area contributed by atoms with Crippen LogP contribution in [0.4, 0.5) is 4.39 Å². The number of hydrogen-bond acceptors (Lipinski definition) is 2. The van der Waals surface area contributed by atoms with E-state index >= 15 is 0 Å². The van der Waals surface area contributed by atoms with E-state index in [9.17, 15) is 9.18 Å². The van der Waals surface area contributed by atoms with Gasteiger partial charge in [0.2, 0.25) is 0 Å². The van der Waals surface area contributed by atoms with E-state index in [1.54, 1.807) is 18.2 Å². The van der Waals surface area contributed by atoms with Crippen molar-refractivity contribution in [1.29, 1.82) is 0 Å². The van der Waals surface area contributed by atoms with E-state index in [1.165, 1.54) is 12.1 Å². The Labute approximate surface area is 136 Å². The number of ketones is 1. The number of allylic oxidation sites excluding steroid dienone is 1. The fraction of sp³-hybridized carbons (Fsp3) is 0.150. The molecule has 2 aromatic rings. The van der Waals surface area contributed by atoms with Crippen LogP contribution in [0.15, 0.2) is 66.7 Å². The van der Waals surface area contributed by atoms with Crippen LogP contribution in [0.1, 0.15) is 11.1 Å². The van der Waals surface area contributed by atoms with E-state index in [0.717, 1.165) is 11.1 Å². The van der Waals surface area contributed by atoms with Crippen LogP contribution < -0.4 is 0 Å². The average molecular weight is 309 g/mol. The molecular weight excluding hydrogens is 289 g/mol. The highest BCUT2D eigenvalue weighted by Gasteiger charge is 2.16. The molecule has 0 heterocycles. The summed E-state index contributed by atoms with van der Waals surface area (Å²) in [5.41, 5.74) is 2.68. The Kier molecular flexibility index (Phi) is 5.61. The van der Waals surface area contributed by atoms with Crippen LogP contribution >= 0.6 is 0 Å². The van der Waals surface area contributed by atoms with Gasteiger partial charge in [-0.1, -0.05) is 49.0 Å². The summed E-state index contributed by atoms with van der Waals surface area (Å²) in [7, 11) is 3.79. The van der Waals surface area contributed by atoms with Crippen molar-refractivity contribution in [3.63, 3.8) is 0 Å². The van der Waals surface area contributed by atoms with E-state index in [4.69, 9.17) is 0 Å². The third kappa shape index (κ3) is 4.73. The summed E-state index contributed by atoms with van der Waals surface area (Å²) in [6.07, 6.45) is 1.78. The standard InChI is InChI=1S/C20H20FNO/c1-15(14-22(2)3)20(23)19(17-7-5-4-6-8-17)13-16-9-11-18(21)12-10-16/h4-13H,1,14H2,2-3H3/b19-13+. The molecule has 0 unspecified atom stereocenters. The maximum Gasteiger partial charge on any atom is 0.190 e. The lowest BCUT2D eigenvalue weighted by Crippen LogP contribution is -2.19. The smallest absolute Gasteiger partial charge is 0.190 e. The molecule has 0 aliphatic carbocycles. The Bertz CT molecular complexity index is 715. The predicted molar refractivity (Wildman–Crippen MR) is 93.4 cm³/mol. The molecule has 0 saturated heterocycles. The molecule has 0 amide bonds. The minimum atomic E-state index is -0.299. The van der Waals surface area contributed by atoms with Crippen LogP contribution in [-0.4, -0.2) is 31.3 Å². The lowest BCUT2D eigenvalue weighted by Gasteiger charge is -2.14. The highest BCUT2D eigenvalue weighted by Crippen LogP contribution is 2.22. The fourth-order valence-corrected chi connectivity index (χ4v) is 2.27. The number of nitrogens with zero attached hydrogens (tertiary/aromatic N) is 1. The first-order chi connectivity index (χ1) is 11.0. The molecule has 0 aromatic heterocycles. The van der Waals surface area contributed by atoms with Crippen molar-refractivity contribution in [1.82, 2.24) is 4.90 Å². The van der Waals surface area contributed by atoms with Gasteiger partial charge in [0.1, 0.15) is 5.82 Å². The topological polar surface area (TPSA) is 20.3 Å². The third-order valence-corrected chi connectivity index (χ3v) is 3.34. The highest BCUT2D eigenvalue weighted by molar-refractivity contribution is 6.32. The Morgan fingerprint density at radius 3 is 2.26 bits per heavy atom. The Balaban J connectivity index is 2.42. The summed E-state index contributed by atoms with van der Waals surface area (Å²) in [5, 5.41) is 0. The van der Waals surface area contributed by atoms with Crippen molar-refractivity contribution in [2.45, 2.75) is 0 Å². The number of likely N-dealkylation sites (N-methyl/N-ethyl adjacent to an activating group) is 1. The van der Waals surface area contributed by atoms with Gasteiger partial charge >= 0.3 is 0 Å². The Hall–Kier alpha value is -2.52.